The van der Waals surface area contributed by atoms with Gasteiger partial charge in [-0.25, -0.2) is 20.9 Å². The quantitative estimate of drug-likeness (QED) is 0.210. The molecule has 0 radical (unpaired) electrons. The predicted octanol–water partition coefficient (Wildman–Crippen LogP) is 7.05. The van der Waals surface area contributed by atoms with Crippen molar-refractivity contribution >= 4 is 33.0 Å². The van der Waals surface area contributed by atoms with Crippen LogP contribution < -0.4 is 25.8 Å². The zero-order chi connectivity index (χ0) is 31.3. The van der Waals surface area contributed by atoms with Crippen LogP contribution in [0.4, 0.5) is 43.4 Å². The third-order valence-corrected chi connectivity index (χ3v) is 7.81. The van der Waals surface area contributed by atoms with Gasteiger partial charge in [-0.1, -0.05) is 42.5 Å². The molecule has 3 aromatic carbocycles. The Kier molecular flexibility index (Phi) is 8.05. The third-order valence-electron chi connectivity index (χ3n) is 7.17. The molecule has 2 aliphatic rings. The fourth-order valence-electron chi connectivity index (χ4n) is 5.27. The van der Waals surface area contributed by atoms with E-state index in [1.807, 2.05) is 0 Å². The summed E-state index contributed by atoms with van der Waals surface area (Å²) < 4.78 is 88.4. The van der Waals surface area contributed by atoms with E-state index in [1.54, 1.807) is 31.1 Å². The van der Waals surface area contributed by atoms with Crippen LogP contribution in [-0.4, -0.2) is 48.7 Å². The van der Waals surface area contributed by atoms with Crippen LogP contribution in [0.5, 0.6) is 0 Å². The average molecular weight is 670 g/mol. The standard InChI is InChI=1S/C29H26BrF6N5O2/c1-39(2)20-14-13-16(15-19(20)30)21(22-24(28(31,32)33)37-40(26(22)42)17-9-5-3-6-10-17)23-25(29(34,35)36)38-41(27(23)43)18-11-7-4-8-12-18/h3-15,21,24-25,37-38,42-43H,1-2H3. The van der Waals surface area contributed by atoms with Gasteiger partial charge in [-0.3, -0.25) is 0 Å². The van der Waals surface area contributed by atoms with E-state index < -0.39 is 53.3 Å². The van der Waals surface area contributed by atoms with E-state index in [4.69, 9.17) is 0 Å². The normalized spacial score (nSPS) is 20.3. The Labute approximate surface area is 251 Å². The smallest absolute Gasteiger partial charge is 0.409 e. The van der Waals surface area contributed by atoms with Crippen LogP contribution >= 0.6 is 15.9 Å². The zero-order valence-corrected chi connectivity index (χ0v) is 24.2. The SMILES string of the molecule is CN(C)c1ccc(C(C2=C(O)N(c3ccccc3)NC2C(F)(F)F)C2=C(O)N(c3ccccc3)NC2C(F)(F)F)cc1Br. The maximum atomic E-state index is 14.7. The second-order valence-electron chi connectivity index (χ2n) is 10.1. The Bertz CT molecular complexity index is 1460. The maximum Gasteiger partial charge on any atom is 0.409 e. The molecule has 0 spiro atoms. The van der Waals surface area contributed by atoms with Crippen molar-refractivity contribution in [2.75, 3.05) is 29.0 Å². The molecule has 0 saturated heterocycles. The minimum Gasteiger partial charge on any atom is -0.493 e. The number of anilines is 3. The Morgan fingerprint density at radius 3 is 1.49 bits per heavy atom. The summed E-state index contributed by atoms with van der Waals surface area (Å²) >= 11 is 3.37. The van der Waals surface area contributed by atoms with E-state index in [0.717, 1.165) is 10.0 Å². The molecule has 14 heteroatoms. The number of hydrogen-bond acceptors (Lipinski definition) is 7. The van der Waals surface area contributed by atoms with Gasteiger partial charge in [0.05, 0.1) is 17.1 Å². The Balaban J connectivity index is 1.81. The molecule has 3 aromatic rings. The van der Waals surface area contributed by atoms with Crippen molar-refractivity contribution < 1.29 is 36.6 Å². The number of benzene rings is 3. The van der Waals surface area contributed by atoms with E-state index in [-0.39, 0.29) is 16.9 Å². The van der Waals surface area contributed by atoms with E-state index in [9.17, 15) is 36.6 Å². The van der Waals surface area contributed by atoms with Gasteiger partial charge in [0, 0.05) is 35.6 Å². The number of halogens is 7. The lowest BCUT2D eigenvalue weighted by atomic mass is 9.79. The highest BCUT2D eigenvalue weighted by Gasteiger charge is 2.57. The first-order valence-electron chi connectivity index (χ1n) is 12.9. The van der Waals surface area contributed by atoms with Gasteiger partial charge in [0.2, 0.25) is 11.8 Å². The van der Waals surface area contributed by atoms with Crippen molar-refractivity contribution in [3.63, 3.8) is 0 Å². The van der Waals surface area contributed by atoms with Gasteiger partial charge in [-0.05, 0) is 57.9 Å². The Morgan fingerprint density at radius 1 is 0.721 bits per heavy atom. The van der Waals surface area contributed by atoms with E-state index in [0.29, 0.717) is 10.2 Å². The van der Waals surface area contributed by atoms with Gasteiger partial charge >= 0.3 is 12.4 Å². The molecule has 4 N–H and O–H groups in total. The summed E-state index contributed by atoms with van der Waals surface area (Å²) in [4.78, 5) is 1.70. The monoisotopic (exact) mass is 669 g/mol. The third kappa shape index (κ3) is 5.74. The Hall–Kier alpha value is -3.88. The minimum atomic E-state index is -5.05. The number of aliphatic hydroxyl groups excluding tert-OH is 2. The number of para-hydroxylation sites is 2. The van der Waals surface area contributed by atoms with Crippen molar-refractivity contribution in [1.29, 1.82) is 0 Å². The molecule has 0 saturated carbocycles. The summed E-state index contributed by atoms with van der Waals surface area (Å²) in [5, 5.41) is 24.4. The molecule has 2 atom stereocenters. The summed E-state index contributed by atoms with van der Waals surface area (Å²) in [6.45, 7) is 0. The van der Waals surface area contributed by atoms with Gasteiger partial charge in [-0.2, -0.15) is 26.3 Å². The molecule has 2 aliphatic heterocycles. The first-order chi connectivity index (χ1) is 20.2. The first kappa shape index (κ1) is 30.6. The lowest BCUT2D eigenvalue weighted by Gasteiger charge is -2.29. The second-order valence-corrected chi connectivity index (χ2v) is 11.0. The van der Waals surface area contributed by atoms with E-state index in [1.165, 1.54) is 66.7 Å². The molecule has 2 unspecified atom stereocenters. The summed E-state index contributed by atoms with van der Waals surface area (Å²) in [6.07, 6.45) is -10.1. The molecule has 0 fully saturated rings. The molecule has 0 aliphatic carbocycles. The largest absolute Gasteiger partial charge is 0.493 e. The van der Waals surface area contributed by atoms with Gasteiger partial charge in [0.25, 0.3) is 0 Å². The van der Waals surface area contributed by atoms with E-state index >= 15 is 0 Å². The molecular weight excluding hydrogens is 644 g/mol. The molecule has 2 heterocycles. The molecule has 228 valence electrons. The number of hydrazine groups is 2. The number of nitrogens with zero attached hydrogens (tertiary/aromatic N) is 3. The summed E-state index contributed by atoms with van der Waals surface area (Å²) in [5.74, 6) is -3.77. The number of aliphatic hydroxyl groups is 2. The predicted molar refractivity (Wildman–Crippen MR) is 154 cm³/mol. The van der Waals surface area contributed by atoms with Gasteiger partial charge in [0.15, 0.2) is 0 Å². The highest BCUT2D eigenvalue weighted by molar-refractivity contribution is 9.10. The summed E-state index contributed by atoms with van der Waals surface area (Å²) in [5.41, 5.74) is 3.63. The fourth-order valence-corrected chi connectivity index (χ4v) is 6.02. The number of alkyl halides is 6. The molecule has 0 bridgehead atoms. The highest BCUT2D eigenvalue weighted by atomic mass is 79.9. The maximum absolute atomic E-state index is 14.7. The Morgan fingerprint density at radius 2 is 1.14 bits per heavy atom. The fraction of sp³-hybridized carbons (Fsp3) is 0.241. The van der Waals surface area contributed by atoms with Crippen molar-refractivity contribution in [2.24, 2.45) is 0 Å². The second kappa shape index (κ2) is 11.3. The molecule has 0 aromatic heterocycles. The van der Waals surface area contributed by atoms with Gasteiger partial charge in [-0.15, -0.1) is 0 Å². The topological polar surface area (TPSA) is 74.2 Å². The number of nitrogens with one attached hydrogen (secondary N) is 2. The lowest BCUT2D eigenvalue weighted by Crippen LogP contribution is -2.48. The molecule has 0 amide bonds. The van der Waals surface area contributed by atoms with Crippen LogP contribution in [0.15, 0.2) is 106 Å². The van der Waals surface area contributed by atoms with Crippen molar-refractivity contribution in [3.05, 3.63) is 112 Å². The van der Waals surface area contributed by atoms with Crippen LogP contribution in [0, 0.1) is 0 Å². The van der Waals surface area contributed by atoms with E-state index in [2.05, 4.69) is 26.8 Å². The summed E-state index contributed by atoms with van der Waals surface area (Å²) in [6, 6.07) is 14.2. The van der Waals surface area contributed by atoms with Crippen molar-refractivity contribution in [1.82, 2.24) is 10.9 Å². The number of rotatable bonds is 6. The molecule has 43 heavy (non-hydrogen) atoms. The van der Waals surface area contributed by atoms with Gasteiger partial charge < -0.3 is 15.1 Å². The van der Waals surface area contributed by atoms with Crippen LogP contribution in [0.25, 0.3) is 0 Å². The minimum absolute atomic E-state index is 0.0301. The molecular formula is C29H26BrF6N5O2. The van der Waals surface area contributed by atoms with Gasteiger partial charge in [0.1, 0.15) is 12.1 Å². The van der Waals surface area contributed by atoms with Crippen LogP contribution in [-0.2, 0) is 0 Å². The molecule has 5 rings (SSSR count). The number of hydrogen-bond donors (Lipinski definition) is 4. The summed E-state index contributed by atoms with van der Waals surface area (Å²) in [7, 11) is 3.44. The van der Waals surface area contributed by atoms with Crippen molar-refractivity contribution in [2.45, 2.75) is 30.4 Å². The van der Waals surface area contributed by atoms with Crippen LogP contribution in [0.1, 0.15) is 11.5 Å². The van der Waals surface area contributed by atoms with Crippen LogP contribution in [0.2, 0.25) is 0 Å². The average Bonchev–Trinajstić information content (AvgIpc) is 3.47. The molecule has 7 nitrogen and oxygen atoms in total. The first-order valence-corrected chi connectivity index (χ1v) is 13.7. The van der Waals surface area contributed by atoms with Crippen molar-refractivity contribution in [3.8, 4) is 0 Å². The lowest BCUT2D eigenvalue weighted by molar-refractivity contribution is -0.148. The zero-order valence-electron chi connectivity index (χ0n) is 22.6. The highest BCUT2D eigenvalue weighted by Crippen LogP contribution is 2.50. The van der Waals surface area contributed by atoms with Crippen LogP contribution in [0.3, 0.4) is 0 Å².